The predicted molar refractivity (Wildman–Crippen MR) is 299 cm³/mol. The standard InChI is InChI=1S/C56H65Cl6NO21/c1-28-33(78-44(68)39(77-29(2)64)37(31-19-15-13-16-20-31)63(45(69)83-49(4,5)6)46(70)84-50(7,8)9)24-54(73)42(81-43(67)32-21-17-14-18-22-32)40-52(12,41(66)38(36(28)51(54,10)11)80-48(72)76-27-56(60,61)62)34(79-47(71)75-26-55(57,58)59)23-35-53(40,25-74-35)82-30(3)65/h13-22,28,33-35,37,39-40,42,73H,23-27H2,1-12H3/t28?,33-,34-,35+,37?,39+,40?,42-,52+,53-,54+/m0/s1. The minimum absolute atomic E-state index is 0.00172. The van der Waals surface area contributed by atoms with Gasteiger partial charge in [-0.15, -0.1) is 0 Å². The van der Waals surface area contributed by atoms with Crippen LogP contribution in [0.3, 0.4) is 0 Å². The molecule has 2 bridgehead atoms. The number of carbonyl (C=O) groups excluding carboxylic acids is 9. The number of ether oxygens (including phenoxy) is 11. The van der Waals surface area contributed by atoms with Crippen molar-refractivity contribution in [3.63, 3.8) is 0 Å². The van der Waals surface area contributed by atoms with Gasteiger partial charge in [-0.2, -0.15) is 0 Å². The van der Waals surface area contributed by atoms with Crippen LogP contribution in [0.1, 0.15) is 118 Å². The van der Waals surface area contributed by atoms with Crippen molar-refractivity contribution in [2.75, 3.05) is 19.8 Å². The summed E-state index contributed by atoms with van der Waals surface area (Å²) < 4.78 is 60.0. The average Bonchev–Trinajstić information content (AvgIpc) is 0.676. The molecule has 2 aromatic carbocycles. The summed E-state index contributed by atoms with van der Waals surface area (Å²) in [4.78, 5) is 131. The molecule has 6 rings (SSSR count). The largest absolute Gasteiger partial charge is 0.514 e. The van der Waals surface area contributed by atoms with Gasteiger partial charge >= 0.3 is 48.4 Å². The first kappa shape index (κ1) is 67.8. The monoisotopic (exact) mass is 1300 g/mol. The molecular formula is C56H65Cl6NO21. The zero-order chi connectivity index (χ0) is 63.1. The van der Waals surface area contributed by atoms with Crippen molar-refractivity contribution in [1.82, 2.24) is 4.90 Å². The van der Waals surface area contributed by atoms with Crippen LogP contribution >= 0.6 is 69.6 Å². The fraction of sp³-hybridized carbons (Fsp3) is 0.589. The van der Waals surface area contributed by atoms with Crippen LogP contribution in [0.25, 0.3) is 0 Å². The van der Waals surface area contributed by atoms with Crippen LogP contribution in [-0.4, -0.2) is 144 Å². The summed E-state index contributed by atoms with van der Waals surface area (Å²) in [6.07, 6.45) is -16.8. The number of nitrogens with zero attached hydrogens (tertiary/aromatic N) is 1. The zero-order valence-corrected chi connectivity index (χ0v) is 52.3. The van der Waals surface area contributed by atoms with E-state index in [0.29, 0.717) is 4.90 Å². The number of aliphatic hydroxyl groups is 1. The van der Waals surface area contributed by atoms with Gasteiger partial charge in [0.2, 0.25) is 19.5 Å². The van der Waals surface area contributed by atoms with Crippen LogP contribution < -0.4 is 0 Å². The van der Waals surface area contributed by atoms with E-state index in [1.54, 1.807) is 12.1 Å². The Hall–Kier alpha value is -5.33. The molecular weight excluding hydrogens is 1240 g/mol. The summed E-state index contributed by atoms with van der Waals surface area (Å²) >= 11 is 35.6. The lowest BCUT2D eigenvalue weighted by Gasteiger charge is -2.67. The Kier molecular flexibility index (Phi) is 20.3. The van der Waals surface area contributed by atoms with E-state index in [1.165, 1.54) is 118 Å². The van der Waals surface area contributed by atoms with Gasteiger partial charge in [-0.1, -0.05) is 139 Å². The highest BCUT2D eigenvalue weighted by Crippen LogP contribution is 2.65. The fourth-order valence-electron chi connectivity index (χ4n) is 11.2. The third kappa shape index (κ3) is 14.9. The molecule has 0 spiro atoms. The number of rotatable bonds is 13. The van der Waals surface area contributed by atoms with Gasteiger partial charge in [0, 0.05) is 38.0 Å². The number of hydrogen-bond acceptors (Lipinski definition) is 21. The van der Waals surface area contributed by atoms with Crippen LogP contribution in [0.5, 0.6) is 0 Å². The van der Waals surface area contributed by atoms with E-state index in [0.717, 1.165) is 13.8 Å². The lowest BCUT2D eigenvalue weighted by Crippen LogP contribution is -2.81. The Balaban J connectivity index is 1.68. The predicted octanol–water partition coefficient (Wildman–Crippen LogP) is 10.7. The molecule has 28 heteroatoms. The van der Waals surface area contributed by atoms with E-state index < -0.39 is 182 Å². The fourth-order valence-corrected chi connectivity index (χ4v) is 11.6. The Morgan fingerprint density at radius 3 is 1.74 bits per heavy atom. The first-order valence-electron chi connectivity index (χ1n) is 26.1. The number of benzene rings is 2. The highest BCUT2D eigenvalue weighted by Gasteiger charge is 2.79. The quantitative estimate of drug-likeness (QED) is 0.111. The molecule has 3 unspecified atom stereocenters. The third-order valence-electron chi connectivity index (χ3n) is 14.7. The molecule has 1 aliphatic heterocycles. The number of hydrogen-bond donors (Lipinski definition) is 1. The molecule has 3 fully saturated rings. The minimum atomic E-state index is -2.78. The normalized spacial score (nSPS) is 27.2. The van der Waals surface area contributed by atoms with Gasteiger partial charge in [-0.25, -0.2) is 33.7 Å². The molecule has 84 heavy (non-hydrogen) atoms. The van der Waals surface area contributed by atoms with Crippen molar-refractivity contribution >= 4 is 124 Å². The second-order valence-corrected chi connectivity index (χ2v) is 28.4. The summed E-state index contributed by atoms with van der Waals surface area (Å²) in [7, 11) is 0. The number of amides is 2. The zero-order valence-electron chi connectivity index (χ0n) is 47.8. The van der Waals surface area contributed by atoms with Crippen LogP contribution in [0.2, 0.25) is 0 Å². The molecule has 0 aromatic heterocycles. The first-order chi connectivity index (χ1) is 38.6. The number of halogens is 6. The van der Waals surface area contributed by atoms with E-state index in [4.69, 9.17) is 122 Å². The lowest BCUT2D eigenvalue weighted by molar-refractivity contribution is -0.345. The summed E-state index contributed by atoms with van der Waals surface area (Å²) in [5, 5.41) is 14.3. The Morgan fingerprint density at radius 2 is 1.26 bits per heavy atom. The molecule has 22 nitrogen and oxygen atoms in total. The Labute approximate surface area is 514 Å². The number of imide groups is 1. The molecule has 0 radical (unpaired) electrons. The Morgan fingerprint density at radius 1 is 0.738 bits per heavy atom. The highest BCUT2D eigenvalue weighted by molar-refractivity contribution is 6.68. The third-order valence-corrected chi connectivity index (χ3v) is 15.4. The van der Waals surface area contributed by atoms with Crippen molar-refractivity contribution in [2.45, 2.75) is 162 Å². The van der Waals surface area contributed by atoms with Gasteiger partial charge in [0.1, 0.15) is 60.5 Å². The van der Waals surface area contributed by atoms with Crippen molar-refractivity contribution in [3.05, 3.63) is 83.1 Å². The van der Waals surface area contributed by atoms with Crippen molar-refractivity contribution < 1.29 is 100 Å². The number of allylic oxidation sites excluding steroid dienone is 1. The number of ketones is 1. The second kappa shape index (κ2) is 25.2. The first-order valence-corrected chi connectivity index (χ1v) is 28.4. The molecule has 4 aliphatic rings. The van der Waals surface area contributed by atoms with Gasteiger partial charge in [0.15, 0.2) is 11.4 Å². The maximum Gasteiger partial charge on any atom is 0.514 e. The van der Waals surface area contributed by atoms with E-state index in [1.807, 2.05) is 0 Å². The summed E-state index contributed by atoms with van der Waals surface area (Å²) in [6.45, 7) is 14.0. The van der Waals surface area contributed by atoms with Gasteiger partial charge in [0.05, 0.1) is 23.5 Å². The van der Waals surface area contributed by atoms with E-state index in [9.17, 15) is 38.7 Å². The van der Waals surface area contributed by atoms with Gasteiger partial charge in [-0.05, 0) is 71.7 Å². The Bertz CT molecular complexity index is 2870. The highest BCUT2D eigenvalue weighted by atomic mass is 35.6. The molecule has 462 valence electrons. The maximum absolute atomic E-state index is 16.5. The van der Waals surface area contributed by atoms with Crippen LogP contribution in [-0.2, 0) is 71.3 Å². The van der Waals surface area contributed by atoms with E-state index in [2.05, 4.69) is 0 Å². The van der Waals surface area contributed by atoms with Gasteiger partial charge in [-0.3, -0.25) is 14.4 Å². The molecule has 11 atom stereocenters. The molecule has 2 aromatic rings. The molecule has 1 heterocycles. The summed E-state index contributed by atoms with van der Waals surface area (Å²) in [6, 6.07) is 12.8. The number of alkyl halides is 6. The van der Waals surface area contributed by atoms with Crippen molar-refractivity contribution in [3.8, 4) is 0 Å². The molecule has 2 saturated carbocycles. The topological polar surface area (TPSA) is 279 Å². The summed E-state index contributed by atoms with van der Waals surface area (Å²) in [5.74, 6) is -10.4. The average molecular weight is 1300 g/mol. The van der Waals surface area contributed by atoms with Gasteiger partial charge in [0.25, 0.3) is 0 Å². The second-order valence-electron chi connectivity index (χ2n) is 23.4. The summed E-state index contributed by atoms with van der Waals surface area (Å²) in [5.41, 5.74) is -12.5. The molecule has 2 amide bonds. The van der Waals surface area contributed by atoms with E-state index >= 15 is 9.59 Å². The number of carbonyl (C=O) groups is 9. The minimum Gasteiger partial charge on any atom is -0.459 e. The van der Waals surface area contributed by atoms with Gasteiger partial charge < -0.3 is 57.2 Å². The lowest BCUT2D eigenvalue weighted by atomic mass is 9.45. The number of esters is 4. The van der Waals surface area contributed by atoms with Crippen LogP contribution in [0.15, 0.2) is 72.0 Å². The van der Waals surface area contributed by atoms with Crippen molar-refractivity contribution in [2.24, 2.45) is 22.7 Å². The molecule has 3 aliphatic carbocycles. The maximum atomic E-state index is 16.5. The molecule has 1 N–H and O–H groups in total. The van der Waals surface area contributed by atoms with Crippen LogP contribution in [0.4, 0.5) is 19.2 Å². The van der Waals surface area contributed by atoms with Crippen molar-refractivity contribution in [1.29, 1.82) is 0 Å². The molecule has 1 saturated heterocycles. The van der Waals surface area contributed by atoms with Crippen LogP contribution in [0, 0.1) is 22.7 Å². The number of fused-ring (bicyclic) bond motifs is 5. The SMILES string of the molecule is CC(=O)O[C@@H](C(=O)O[C@H]1C[C@@]2(O)[C@@H](OC(=O)c3ccccc3)C3[C@](C)(C(=O)C(OC(=O)OCC(Cl)(Cl)Cl)=C(C1C)C2(C)C)[C@@H](OC(=O)OCC(Cl)(Cl)Cl)C[C@H]1OC[C@@]31OC(C)=O)C(c1ccccc1)N(C(=O)OC(C)(C)C)C(=O)OC(C)(C)C. The smallest absolute Gasteiger partial charge is 0.459 e. The van der Waals surface area contributed by atoms with E-state index in [-0.39, 0.29) is 16.7 Å². The number of Topliss-reactive ketones (excluding diaryl/α,β-unsaturated/α-hetero) is 1.